The van der Waals surface area contributed by atoms with E-state index in [4.69, 9.17) is 10.4 Å². The molecule has 0 unspecified atom stereocenters. The summed E-state index contributed by atoms with van der Waals surface area (Å²) >= 11 is 0. The summed E-state index contributed by atoms with van der Waals surface area (Å²) in [6.45, 7) is 0.0729. The van der Waals surface area contributed by atoms with Crippen LogP contribution in [0.15, 0.2) is 12.1 Å². The van der Waals surface area contributed by atoms with Crippen LogP contribution in [0.4, 0.5) is 4.39 Å². The van der Waals surface area contributed by atoms with Crippen molar-refractivity contribution in [3.05, 3.63) is 34.6 Å². The molecule has 0 aromatic heterocycles. The van der Waals surface area contributed by atoms with Crippen LogP contribution in [0.3, 0.4) is 0 Å². The van der Waals surface area contributed by atoms with Crippen LogP contribution in [0, 0.1) is 17.1 Å². The molecule has 14 heavy (non-hydrogen) atoms. The second-order valence-electron chi connectivity index (χ2n) is 3.52. The van der Waals surface area contributed by atoms with E-state index in [0.717, 1.165) is 17.5 Å². The van der Waals surface area contributed by atoms with E-state index in [2.05, 4.69) is 0 Å². The smallest absolute Gasteiger partial charge is 0.141 e. The van der Waals surface area contributed by atoms with Gasteiger partial charge in [0.25, 0.3) is 0 Å². The van der Waals surface area contributed by atoms with Crippen LogP contribution < -0.4 is 0 Å². The topological polar surface area (TPSA) is 44.0 Å². The zero-order chi connectivity index (χ0) is 10.1. The van der Waals surface area contributed by atoms with Crippen molar-refractivity contribution in [2.24, 2.45) is 0 Å². The fraction of sp³-hybridized carbons (Fsp3) is 0.364. The molecule has 1 aromatic carbocycles. The molecular formula is C11H10FNO. The van der Waals surface area contributed by atoms with Gasteiger partial charge in [0.15, 0.2) is 0 Å². The molecule has 0 bridgehead atoms. The number of halogens is 1. The lowest BCUT2D eigenvalue weighted by Gasteiger charge is -2.07. The first-order valence-electron chi connectivity index (χ1n) is 4.60. The van der Waals surface area contributed by atoms with Gasteiger partial charge in [-0.25, -0.2) is 4.39 Å². The van der Waals surface area contributed by atoms with E-state index >= 15 is 0 Å². The number of fused-ring (bicyclic) bond motifs is 1. The van der Waals surface area contributed by atoms with Crippen LogP contribution in [0.5, 0.6) is 0 Å². The summed E-state index contributed by atoms with van der Waals surface area (Å²) < 4.78 is 13.2. The van der Waals surface area contributed by atoms with E-state index in [1.54, 1.807) is 6.07 Å². The lowest BCUT2D eigenvalue weighted by Crippen LogP contribution is -2.00. The molecule has 1 aromatic rings. The summed E-state index contributed by atoms with van der Waals surface area (Å²) in [6.07, 6.45) is 1.51. The van der Waals surface area contributed by atoms with Gasteiger partial charge in [-0.1, -0.05) is 6.07 Å². The summed E-state index contributed by atoms with van der Waals surface area (Å²) in [5.41, 5.74) is 1.87. The molecule has 0 radical (unpaired) electrons. The Bertz CT molecular complexity index is 408. The van der Waals surface area contributed by atoms with Gasteiger partial charge < -0.3 is 5.11 Å². The summed E-state index contributed by atoms with van der Waals surface area (Å²) in [4.78, 5) is 0. The minimum Gasteiger partial charge on any atom is -0.396 e. The van der Waals surface area contributed by atoms with Gasteiger partial charge in [0, 0.05) is 12.5 Å². The van der Waals surface area contributed by atoms with Gasteiger partial charge in [-0.05, 0) is 30.0 Å². The Morgan fingerprint density at radius 1 is 1.57 bits per heavy atom. The maximum absolute atomic E-state index is 13.2. The van der Waals surface area contributed by atoms with Crippen LogP contribution in [0.1, 0.15) is 29.0 Å². The number of hydrogen-bond donors (Lipinski definition) is 1. The molecule has 1 N–H and O–H groups in total. The fourth-order valence-electron chi connectivity index (χ4n) is 2.07. The maximum Gasteiger partial charge on any atom is 0.141 e. The predicted molar refractivity (Wildman–Crippen MR) is 49.3 cm³/mol. The van der Waals surface area contributed by atoms with Crippen LogP contribution in [-0.4, -0.2) is 11.7 Å². The van der Waals surface area contributed by atoms with Crippen molar-refractivity contribution in [3.8, 4) is 6.07 Å². The second-order valence-corrected chi connectivity index (χ2v) is 3.52. The summed E-state index contributed by atoms with van der Waals surface area (Å²) in [6, 6.07) is 4.87. The average Bonchev–Trinajstić information content (AvgIpc) is 2.60. The molecule has 1 aliphatic carbocycles. The molecule has 0 saturated heterocycles. The minimum atomic E-state index is -0.454. The molecule has 3 heteroatoms. The molecular weight excluding hydrogens is 181 g/mol. The highest BCUT2D eigenvalue weighted by atomic mass is 19.1. The van der Waals surface area contributed by atoms with E-state index in [-0.39, 0.29) is 18.1 Å². The third-order valence-corrected chi connectivity index (χ3v) is 2.81. The maximum atomic E-state index is 13.2. The molecule has 0 spiro atoms. The van der Waals surface area contributed by atoms with Crippen molar-refractivity contribution >= 4 is 0 Å². The molecule has 0 amide bonds. The quantitative estimate of drug-likeness (QED) is 0.734. The summed E-state index contributed by atoms with van der Waals surface area (Å²) in [5.74, 6) is -0.373. The largest absolute Gasteiger partial charge is 0.396 e. The normalized spacial score (nSPS) is 19.1. The van der Waals surface area contributed by atoms with Gasteiger partial charge in [0.1, 0.15) is 11.9 Å². The first-order valence-corrected chi connectivity index (χ1v) is 4.60. The van der Waals surface area contributed by atoms with Crippen molar-refractivity contribution in [2.45, 2.75) is 18.8 Å². The zero-order valence-electron chi connectivity index (χ0n) is 7.63. The van der Waals surface area contributed by atoms with Gasteiger partial charge >= 0.3 is 0 Å². The van der Waals surface area contributed by atoms with E-state index in [9.17, 15) is 4.39 Å². The Kier molecular flexibility index (Phi) is 2.22. The van der Waals surface area contributed by atoms with Gasteiger partial charge in [-0.15, -0.1) is 0 Å². The van der Waals surface area contributed by atoms with Crippen molar-refractivity contribution in [1.29, 1.82) is 5.26 Å². The van der Waals surface area contributed by atoms with Crippen LogP contribution in [0.25, 0.3) is 0 Å². The highest BCUT2D eigenvalue weighted by Gasteiger charge is 2.25. The molecule has 0 saturated carbocycles. The first-order chi connectivity index (χ1) is 6.77. The van der Waals surface area contributed by atoms with E-state index in [1.807, 2.05) is 6.07 Å². The SMILES string of the molecule is N#Cc1c(F)ccc2c1CC[C@@H]2CO. The fourth-order valence-corrected chi connectivity index (χ4v) is 2.07. The number of benzene rings is 1. The monoisotopic (exact) mass is 191 g/mol. The number of aliphatic hydroxyl groups excluding tert-OH is 1. The lowest BCUT2D eigenvalue weighted by atomic mass is 9.99. The highest BCUT2D eigenvalue weighted by molar-refractivity contribution is 5.48. The van der Waals surface area contributed by atoms with Crippen LogP contribution in [0.2, 0.25) is 0 Å². The Morgan fingerprint density at radius 3 is 3.00 bits per heavy atom. The van der Waals surface area contributed by atoms with Crippen LogP contribution in [-0.2, 0) is 6.42 Å². The van der Waals surface area contributed by atoms with Crippen molar-refractivity contribution in [3.63, 3.8) is 0 Å². The Morgan fingerprint density at radius 2 is 2.36 bits per heavy atom. The minimum absolute atomic E-state index is 0.0729. The van der Waals surface area contributed by atoms with Crippen molar-refractivity contribution in [2.75, 3.05) is 6.61 Å². The number of hydrogen-bond acceptors (Lipinski definition) is 2. The number of nitrogens with zero attached hydrogens (tertiary/aromatic N) is 1. The van der Waals surface area contributed by atoms with E-state index < -0.39 is 5.82 Å². The number of rotatable bonds is 1. The molecule has 0 aliphatic heterocycles. The standard InChI is InChI=1S/C11H10FNO/c12-11-4-3-8-7(6-14)1-2-9(8)10(11)5-13/h3-4,7,14H,1-2,6H2/t7-/m1/s1. The van der Waals surface area contributed by atoms with Gasteiger partial charge in [0.05, 0.1) is 5.56 Å². The predicted octanol–water partition coefficient (Wildman–Crippen LogP) is 1.72. The second kappa shape index (κ2) is 3.39. The molecule has 1 aliphatic rings. The van der Waals surface area contributed by atoms with Crippen LogP contribution >= 0.6 is 0 Å². The zero-order valence-corrected chi connectivity index (χ0v) is 7.63. The molecule has 0 fully saturated rings. The molecule has 2 nitrogen and oxygen atoms in total. The van der Waals surface area contributed by atoms with E-state index in [1.165, 1.54) is 6.07 Å². The van der Waals surface area contributed by atoms with Crippen molar-refractivity contribution < 1.29 is 9.50 Å². The first kappa shape index (κ1) is 9.17. The molecule has 2 rings (SSSR count). The van der Waals surface area contributed by atoms with Gasteiger partial charge in [-0.3, -0.25) is 0 Å². The average molecular weight is 191 g/mol. The third-order valence-electron chi connectivity index (χ3n) is 2.81. The number of aliphatic hydroxyl groups is 1. The lowest BCUT2D eigenvalue weighted by molar-refractivity contribution is 0.265. The highest BCUT2D eigenvalue weighted by Crippen LogP contribution is 2.35. The Labute approximate surface area is 81.6 Å². The third kappa shape index (κ3) is 1.19. The molecule has 72 valence electrons. The Hall–Kier alpha value is -1.40. The molecule has 1 atom stereocenters. The van der Waals surface area contributed by atoms with E-state index in [0.29, 0.717) is 6.42 Å². The van der Waals surface area contributed by atoms with Gasteiger partial charge in [0.2, 0.25) is 0 Å². The summed E-state index contributed by atoms with van der Waals surface area (Å²) in [5, 5.41) is 17.9. The van der Waals surface area contributed by atoms with Crippen molar-refractivity contribution in [1.82, 2.24) is 0 Å². The van der Waals surface area contributed by atoms with Gasteiger partial charge in [-0.2, -0.15) is 5.26 Å². The number of nitriles is 1. The summed E-state index contributed by atoms with van der Waals surface area (Å²) in [7, 11) is 0. The Balaban J connectivity index is 2.57. The molecule has 0 heterocycles.